The predicted molar refractivity (Wildman–Crippen MR) is 148 cm³/mol. The average molecular weight is 682 g/mol. The van der Waals surface area contributed by atoms with Gasteiger partial charge in [0.05, 0.1) is 11.5 Å². The molecule has 0 bridgehead atoms. The number of ether oxygens (including phenoxy) is 1. The molecule has 2 aromatic carbocycles. The van der Waals surface area contributed by atoms with Gasteiger partial charge in [-0.2, -0.15) is 8.62 Å². The Kier molecular flexibility index (Phi) is 10.5. The van der Waals surface area contributed by atoms with E-state index < -0.39 is 65.9 Å². The highest BCUT2D eigenvalue weighted by Gasteiger charge is 2.47. The third-order valence-corrected chi connectivity index (χ3v) is 11.0. The summed E-state index contributed by atoms with van der Waals surface area (Å²) in [6, 6.07) is 16.7. The summed E-state index contributed by atoms with van der Waals surface area (Å²) in [7, 11) is -15.6. The van der Waals surface area contributed by atoms with Crippen LogP contribution in [0.3, 0.4) is 0 Å². The fourth-order valence-corrected chi connectivity index (χ4v) is 8.13. The normalized spacial score (nSPS) is 23.5. The summed E-state index contributed by atoms with van der Waals surface area (Å²) in [4.78, 5) is 54.9. The minimum Gasteiger partial charge on any atom is -0.387 e. The first-order valence-electron chi connectivity index (χ1n) is 11.9. The molecule has 0 saturated carbocycles. The monoisotopic (exact) mass is 682 g/mol. The Hall–Kier alpha value is -2.24. The molecular formula is C22H25N2O15P3S. The quantitative estimate of drug-likeness (QED) is 0.149. The van der Waals surface area contributed by atoms with Crippen molar-refractivity contribution in [1.29, 1.82) is 0 Å². The van der Waals surface area contributed by atoms with E-state index in [1.54, 1.807) is 12.1 Å². The van der Waals surface area contributed by atoms with Gasteiger partial charge in [-0.3, -0.25) is 23.4 Å². The molecule has 1 saturated heterocycles. The van der Waals surface area contributed by atoms with Crippen LogP contribution in [0.15, 0.2) is 80.2 Å². The topological polar surface area (TPSA) is 253 Å². The molecule has 4 rings (SSSR count). The van der Waals surface area contributed by atoms with Gasteiger partial charge in [-0.1, -0.05) is 54.2 Å². The van der Waals surface area contributed by atoms with Gasteiger partial charge in [0, 0.05) is 18.2 Å². The molecule has 2 heterocycles. The highest BCUT2D eigenvalue weighted by molar-refractivity contribution is 7.99. The molecule has 2 unspecified atom stereocenters. The number of H-pyrrole nitrogens is 1. The fourth-order valence-electron chi connectivity index (χ4n) is 3.87. The Balaban J connectivity index is 1.51. The maximum Gasteiger partial charge on any atom is 0.490 e. The zero-order valence-electron chi connectivity index (χ0n) is 21.8. The summed E-state index contributed by atoms with van der Waals surface area (Å²) < 4.78 is 58.4. The lowest BCUT2D eigenvalue weighted by molar-refractivity contribution is -0.0550. The van der Waals surface area contributed by atoms with Gasteiger partial charge in [0.2, 0.25) is 0 Å². The number of hydrogen-bond acceptors (Lipinski definition) is 13. The molecule has 234 valence electrons. The molecule has 1 fully saturated rings. The van der Waals surface area contributed by atoms with Crippen LogP contribution < -0.4 is 11.2 Å². The van der Waals surface area contributed by atoms with E-state index in [9.17, 15) is 38.4 Å². The van der Waals surface area contributed by atoms with Crippen LogP contribution in [-0.4, -0.2) is 66.5 Å². The Bertz CT molecular complexity index is 1710. The van der Waals surface area contributed by atoms with Gasteiger partial charge >= 0.3 is 29.2 Å². The lowest BCUT2D eigenvalue weighted by Gasteiger charge is -2.21. The average Bonchev–Trinajstić information content (AvgIpc) is 3.21. The number of nitrogens with one attached hydrogen (secondary N) is 1. The van der Waals surface area contributed by atoms with Crippen molar-refractivity contribution in [1.82, 2.24) is 9.55 Å². The first-order valence-corrected chi connectivity index (χ1v) is 17.2. The lowest BCUT2D eigenvalue weighted by atomic mass is 10.1. The van der Waals surface area contributed by atoms with Crippen molar-refractivity contribution in [3.05, 3.63) is 81.6 Å². The molecule has 1 aliphatic heterocycles. The molecule has 0 radical (unpaired) electrons. The SMILES string of the molecule is COP(=O)(OC[C@H]1O[C@@H](n2cc(Sc3cccc(-c4ccccc4)c3)c(=O)[nH]c2=O)[C@H](O)[C@@H]1O)OP(=O)(O)OP(=O)(O)O. The van der Waals surface area contributed by atoms with Crippen molar-refractivity contribution in [3.8, 4) is 11.1 Å². The number of nitrogens with zero attached hydrogens (tertiary/aromatic N) is 1. The van der Waals surface area contributed by atoms with Crippen molar-refractivity contribution in [2.24, 2.45) is 0 Å². The van der Waals surface area contributed by atoms with E-state index >= 15 is 0 Å². The van der Waals surface area contributed by atoms with E-state index in [0.717, 1.165) is 33.7 Å². The van der Waals surface area contributed by atoms with Crippen LogP contribution in [0.2, 0.25) is 0 Å². The van der Waals surface area contributed by atoms with Crippen LogP contribution >= 0.6 is 35.2 Å². The highest BCUT2D eigenvalue weighted by atomic mass is 32.2. The van der Waals surface area contributed by atoms with Gasteiger partial charge in [0.15, 0.2) is 6.23 Å². The first-order chi connectivity index (χ1) is 20.1. The van der Waals surface area contributed by atoms with Crippen LogP contribution in [-0.2, 0) is 36.1 Å². The summed E-state index contributed by atoms with van der Waals surface area (Å²) in [5.74, 6) is 0. The Morgan fingerprint density at radius 1 is 0.953 bits per heavy atom. The molecule has 0 amide bonds. The second-order valence-electron chi connectivity index (χ2n) is 8.75. The number of hydrogen-bond donors (Lipinski definition) is 6. The zero-order chi connectivity index (χ0) is 31.6. The second kappa shape index (κ2) is 13.4. The maximum atomic E-state index is 12.6. The van der Waals surface area contributed by atoms with E-state index in [1.807, 2.05) is 42.5 Å². The molecular weight excluding hydrogens is 657 g/mol. The van der Waals surface area contributed by atoms with Gasteiger partial charge in [-0.15, -0.1) is 0 Å². The second-order valence-corrected chi connectivity index (χ2v) is 14.6. The summed E-state index contributed by atoms with van der Waals surface area (Å²) in [5.41, 5.74) is 0.0902. The number of phosphoric ester groups is 1. The number of aromatic nitrogens is 2. The van der Waals surface area contributed by atoms with Crippen LogP contribution in [0.25, 0.3) is 11.1 Å². The van der Waals surface area contributed by atoms with Gasteiger partial charge < -0.3 is 29.6 Å². The van der Waals surface area contributed by atoms with Crippen LogP contribution in [0.1, 0.15) is 6.23 Å². The van der Waals surface area contributed by atoms with Crippen molar-refractivity contribution < 1.29 is 61.0 Å². The number of aliphatic hydroxyl groups excluding tert-OH is 2. The third kappa shape index (κ3) is 8.69. The van der Waals surface area contributed by atoms with E-state index in [0.29, 0.717) is 12.0 Å². The maximum absolute atomic E-state index is 12.6. The summed E-state index contributed by atoms with van der Waals surface area (Å²) >= 11 is 1.02. The Morgan fingerprint density at radius 2 is 1.63 bits per heavy atom. The summed E-state index contributed by atoms with van der Waals surface area (Å²) in [5, 5.41) is 21.1. The van der Waals surface area contributed by atoms with E-state index in [-0.39, 0.29) is 4.90 Å². The van der Waals surface area contributed by atoms with Gasteiger partial charge in [0.1, 0.15) is 18.3 Å². The van der Waals surface area contributed by atoms with Crippen molar-refractivity contribution in [2.75, 3.05) is 13.7 Å². The standard InChI is InChI=1S/C22H25N2O15P3S/c1-35-42(34,39-41(32,33)38-40(29,30)31)36-12-16-18(25)19(26)21(37-16)24-11-17(20(27)23-22(24)28)43-15-9-5-8-14(10-15)13-6-3-2-4-7-13/h2-11,16,18-19,21,25-26H,12H2,1H3,(H,32,33)(H,23,27,28)(H2,29,30,31)/t16-,18-,19-,21-,42?/m1/s1. The molecule has 6 atom stereocenters. The summed E-state index contributed by atoms with van der Waals surface area (Å²) in [6.07, 6.45) is -5.60. The molecule has 3 aromatic rings. The number of aliphatic hydroxyl groups is 2. The molecule has 1 aliphatic rings. The molecule has 0 aliphatic carbocycles. The molecule has 1 aromatic heterocycles. The number of benzene rings is 2. The van der Waals surface area contributed by atoms with E-state index in [1.165, 1.54) is 0 Å². The molecule has 17 nitrogen and oxygen atoms in total. The third-order valence-electron chi connectivity index (χ3n) is 5.75. The van der Waals surface area contributed by atoms with Crippen molar-refractivity contribution >= 4 is 35.2 Å². The lowest BCUT2D eigenvalue weighted by Crippen LogP contribution is -2.38. The number of phosphoric acid groups is 3. The zero-order valence-corrected chi connectivity index (χ0v) is 25.3. The Labute approximate surface area is 246 Å². The number of rotatable bonds is 12. The first kappa shape index (κ1) is 33.6. The highest BCUT2D eigenvalue weighted by Crippen LogP contribution is 2.68. The van der Waals surface area contributed by atoms with Crippen LogP contribution in [0, 0.1) is 0 Å². The molecule has 43 heavy (non-hydrogen) atoms. The molecule has 21 heteroatoms. The van der Waals surface area contributed by atoms with Crippen molar-refractivity contribution in [2.45, 2.75) is 34.3 Å². The molecule has 0 spiro atoms. The van der Waals surface area contributed by atoms with Crippen LogP contribution in [0.5, 0.6) is 0 Å². The largest absolute Gasteiger partial charge is 0.490 e. The van der Waals surface area contributed by atoms with E-state index in [4.69, 9.17) is 19.0 Å². The minimum absolute atomic E-state index is 0.0378. The van der Waals surface area contributed by atoms with Crippen molar-refractivity contribution in [3.63, 3.8) is 0 Å². The van der Waals surface area contributed by atoms with Gasteiger partial charge in [0.25, 0.3) is 5.56 Å². The van der Waals surface area contributed by atoms with E-state index in [2.05, 4.69) is 18.1 Å². The predicted octanol–water partition coefficient (Wildman–Crippen LogP) is 1.97. The minimum atomic E-state index is -5.68. The van der Waals surface area contributed by atoms with Gasteiger partial charge in [-0.05, 0) is 23.3 Å². The van der Waals surface area contributed by atoms with Crippen LogP contribution in [0.4, 0.5) is 0 Å². The smallest absolute Gasteiger partial charge is 0.387 e. The Morgan fingerprint density at radius 3 is 2.28 bits per heavy atom. The fraction of sp³-hybridized carbons (Fsp3) is 0.273. The molecule has 6 N–H and O–H groups in total. The summed E-state index contributed by atoms with van der Waals surface area (Å²) in [6.45, 7) is -0.943. The number of aromatic amines is 1. The van der Waals surface area contributed by atoms with Gasteiger partial charge in [-0.25, -0.2) is 18.5 Å².